The molecule has 0 aliphatic heterocycles. The molecule has 1 rings (SSSR count). The van der Waals surface area contributed by atoms with Crippen molar-refractivity contribution in [3.8, 4) is 0 Å². The highest BCUT2D eigenvalue weighted by molar-refractivity contribution is 5.90. The van der Waals surface area contributed by atoms with E-state index in [4.69, 9.17) is 10.8 Å². The number of H-pyrrole nitrogens is 2. The quantitative estimate of drug-likeness (QED) is 0.403. The second-order valence-electron chi connectivity index (χ2n) is 1.67. The van der Waals surface area contributed by atoms with Gasteiger partial charge >= 0.3 is 11.7 Å². The number of nitrogen functional groups attached to an aromatic ring is 1. The normalized spacial score (nSPS) is 9.60. The SMILES string of the molecule is Nc1[nH]c(=O)[nH]c1C(=O)O. The van der Waals surface area contributed by atoms with E-state index in [1.54, 1.807) is 0 Å². The van der Waals surface area contributed by atoms with Gasteiger partial charge in [0.25, 0.3) is 0 Å². The first-order valence-corrected chi connectivity index (χ1v) is 2.42. The van der Waals surface area contributed by atoms with Gasteiger partial charge in [-0.3, -0.25) is 9.97 Å². The maximum atomic E-state index is 10.4. The minimum atomic E-state index is -1.25. The van der Waals surface area contributed by atoms with Crippen molar-refractivity contribution >= 4 is 11.8 Å². The van der Waals surface area contributed by atoms with Gasteiger partial charge < -0.3 is 10.8 Å². The van der Waals surface area contributed by atoms with Gasteiger partial charge in [0.15, 0.2) is 5.69 Å². The number of rotatable bonds is 1. The molecule has 6 heteroatoms. The van der Waals surface area contributed by atoms with E-state index in [1.165, 1.54) is 0 Å². The number of carboxylic acids is 1. The van der Waals surface area contributed by atoms with E-state index in [0.29, 0.717) is 0 Å². The first kappa shape index (κ1) is 6.40. The number of carboxylic acid groups (broad SMARTS) is 1. The summed E-state index contributed by atoms with van der Waals surface area (Å²) >= 11 is 0. The van der Waals surface area contributed by atoms with E-state index in [-0.39, 0.29) is 11.5 Å². The standard InChI is InChI=1S/C4H5N3O3/c5-2-1(3(8)9)6-4(10)7-2/h5H2,(H,8,9)(H2,6,7,10). The molecule has 0 fully saturated rings. The second-order valence-corrected chi connectivity index (χ2v) is 1.67. The van der Waals surface area contributed by atoms with E-state index in [9.17, 15) is 9.59 Å². The zero-order valence-corrected chi connectivity index (χ0v) is 4.84. The van der Waals surface area contributed by atoms with Crippen molar-refractivity contribution in [1.82, 2.24) is 9.97 Å². The number of imidazole rings is 1. The molecule has 0 aliphatic rings. The number of hydrogen-bond donors (Lipinski definition) is 4. The Balaban J connectivity index is 3.28. The topological polar surface area (TPSA) is 112 Å². The number of anilines is 1. The van der Waals surface area contributed by atoms with Crippen molar-refractivity contribution in [2.45, 2.75) is 0 Å². The number of aromatic amines is 2. The summed E-state index contributed by atoms with van der Waals surface area (Å²) in [6.45, 7) is 0. The summed E-state index contributed by atoms with van der Waals surface area (Å²) in [5.74, 6) is -1.41. The van der Waals surface area contributed by atoms with Crippen LogP contribution in [0.2, 0.25) is 0 Å². The summed E-state index contributed by atoms with van der Waals surface area (Å²) < 4.78 is 0. The average Bonchev–Trinajstić information content (AvgIpc) is 2.10. The fourth-order valence-electron chi connectivity index (χ4n) is 0.566. The van der Waals surface area contributed by atoms with Gasteiger partial charge in [-0.1, -0.05) is 0 Å². The Morgan fingerprint density at radius 2 is 2.10 bits per heavy atom. The van der Waals surface area contributed by atoms with Gasteiger partial charge in [-0.05, 0) is 0 Å². The molecule has 0 aromatic carbocycles. The molecule has 5 N–H and O–H groups in total. The largest absolute Gasteiger partial charge is 0.476 e. The van der Waals surface area contributed by atoms with Crippen LogP contribution in [0, 0.1) is 0 Å². The molecule has 1 heterocycles. The van der Waals surface area contributed by atoms with Crippen LogP contribution < -0.4 is 11.4 Å². The number of carbonyl (C=O) groups is 1. The Hall–Kier alpha value is -1.72. The summed E-state index contributed by atoms with van der Waals surface area (Å²) in [6, 6.07) is 0. The van der Waals surface area contributed by atoms with Crippen LogP contribution in [0.15, 0.2) is 4.79 Å². The molecule has 0 radical (unpaired) electrons. The lowest BCUT2D eigenvalue weighted by Gasteiger charge is -1.86. The van der Waals surface area contributed by atoms with Gasteiger partial charge in [0.05, 0.1) is 0 Å². The van der Waals surface area contributed by atoms with Gasteiger partial charge in [0.2, 0.25) is 0 Å². The summed E-state index contributed by atoms with van der Waals surface area (Å²) in [4.78, 5) is 24.6. The molecule has 0 bridgehead atoms. The maximum absolute atomic E-state index is 10.4. The molecule has 1 aromatic rings. The smallest absolute Gasteiger partial charge is 0.356 e. The van der Waals surface area contributed by atoms with Gasteiger partial charge in [0, 0.05) is 0 Å². The zero-order chi connectivity index (χ0) is 7.72. The molecule has 0 unspecified atom stereocenters. The van der Waals surface area contributed by atoms with Crippen LogP contribution in [0.25, 0.3) is 0 Å². The Morgan fingerprint density at radius 1 is 1.50 bits per heavy atom. The number of hydrogen-bond acceptors (Lipinski definition) is 3. The van der Waals surface area contributed by atoms with Crippen LogP contribution in [0.5, 0.6) is 0 Å². The Morgan fingerprint density at radius 3 is 2.30 bits per heavy atom. The lowest BCUT2D eigenvalue weighted by molar-refractivity contribution is 0.0692. The van der Waals surface area contributed by atoms with Crippen molar-refractivity contribution < 1.29 is 9.90 Å². The number of nitrogens with one attached hydrogen (secondary N) is 2. The van der Waals surface area contributed by atoms with E-state index >= 15 is 0 Å². The fourth-order valence-corrected chi connectivity index (χ4v) is 0.566. The van der Waals surface area contributed by atoms with Crippen molar-refractivity contribution in [2.75, 3.05) is 5.73 Å². The van der Waals surface area contributed by atoms with E-state index in [2.05, 4.69) is 4.98 Å². The van der Waals surface area contributed by atoms with Gasteiger partial charge in [-0.2, -0.15) is 0 Å². The predicted octanol–water partition coefficient (Wildman–Crippen LogP) is -1.02. The molecule has 0 spiro atoms. The summed E-state index contributed by atoms with van der Waals surface area (Å²) in [5, 5.41) is 8.31. The Kier molecular flexibility index (Phi) is 1.22. The minimum Gasteiger partial charge on any atom is -0.476 e. The molecule has 0 aliphatic carbocycles. The van der Waals surface area contributed by atoms with Gasteiger partial charge in [0.1, 0.15) is 5.82 Å². The van der Waals surface area contributed by atoms with Gasteiger partial charge in [-0.15, -0.1) is 0 Å². The van der Waals surface area contributed by atoms with Crippen LogP contribution in [0.1, 0.15) is 10.5 Å². The van der Waals surface area contributed by atoms with E-state index < -0.39 is 11.7 Å². The van der Waals surface area contributed by atoms with Crippen LogP contribution in [-0.4, -0.2) is 21.0 Å². The van der Waals surface area contributed by atoms with Crippen molar-refractivity contribution in [3.05, 3.63) is 16.2 Å². The van der Waals surface area contributed by atoms with Crippen LogP contribution >= 0.6 is 0 Å². The monoisotopic (exact) mass is 143 g/mol. The first-order valence-electron chi connectivity index (χ1n) is 2.42. The fraction of sp³-hybridized carbons (Fsp3) is 0. The maximum Gasteiger partial charge on any atom is 0.356 e. The molecule has 0 saturated heterocycles. The molecular weight excluding hydrogens is 138 g/mol. The Labute approximate surface area is 54.7 Å². The molecule has 1 aromatic heterocycles. The van der Waals surface area contributed by atoms with Crippen LogP contribution in [0.3, 0.4) is 0 Å². The highest BCUT2D eigenvalue weighted by Crippen LogP contribution is 1.98. The average molecular weight is 143 g/mol. The first-order chi connectivity index (χ1) is 4.61. The number of nitrogens with two attached hydrogens (primary N) is 1. The highest BCUT2D eigenvalue weighted by Gasteiger charge is 2.09. The number of aromatic carboxylic acids is 1. The molecular formula is C4H5N3O3. The Bertz CT molecular complexity index is 310. The lowest BCUT2D eigenvalue weighted by atomic mass is 10.4. The van der Waals surface area contributed by atoms with Crippen molar-refractivity contribution in [2.24, 2.45) is 0 Å². The third-order valence-electron chi connectivity index (χ3n) is 0.970. The minimum absolute atomic E-state index is 0.155. The lowest BCUT2D eigenvalue weighted by Crippen LogP contribution is -2.04. The molecule has 10 heavy (non-hydrogen) atoms. The van der Waals surface area contributed by atoms with Crippen LogP contribution in [-0.2, 0) is 0 Å². The van der Waals surface area contributed by atoms with Crippen molar-refractivity contribution in [3.63, 3.8) is 0 Å². The highest BCUT2D eigenvalue weighted by atomic mass is 16.4. The van der Waals surface area contributed by atoms with Gasteiger partial charge in [-0.25, -0.2) is 9.59 Å². The van der Waals surface area contributed by atoms with E-state index in [0.717, 1.165) is 0 Å². The summed E-state index contributed by atoms with van der Waals surface area (Å²) in [5.41, 5.74) is 4.16. The van der Waals surface area contributed by atoms with E-state index in [1.807, 2.05) is 4.98 Å². The summed E-state index contributed by atoms with van der Waals surface area (Å²) in [6.07, 6.45) is 0. The molecule has 6 nitrogen and oxygen atoms in total. The second kappa shape index (κ2) is 1.90. The summed E-state index contributed by atoms with van der Waals surface area (Å²) in [7, 11) is 0. The predicted molar refractivity (Wildman–Crippen MR) is 32.8 cm³/mol. The van der Waals surface area contributed by atoms with Crippen LogP contribution in [0.4, 0.5) is 5.82 Å². The third kappa shape index (κ3) is 0.859. The zero-order valence-electron chi connectivity index (χ0n) is 4.84. The molecule has 0 amide bonds. The molecule has 54 valence electrons. The molecule has 0 saturated carbocycles. The number of aromatic nitrogens is 2. The third-order valence-corrected chi connectivity index (χ3v) is 0.970. The molecule has 0 atom stereocenters. The van der Waals surface area contributed by atoms with Crippen molar-refractivity contribution in [1.29, 1.82) is 0 Å².